The zero-order chi connectivity index (χ0) is 15.9. The van der Waals surface area contributed by atoms with Gasteiger partial charge in [0.1, 0.15) is 5.92 Å². The predicted octanol–water partition coefficient (Wildman–Crippen LogP) is 1.98. The van der Waals surface area contributed by atoms with Crippen LogP contribution in [-0.4, -0.2) is 35.7 Å². The number of aliphatic hydroxyl groups is 1. The number of para-hydroxylation sites is 1. The van der Waals surface area contributed by atoms with Crippen molar-refractivity contribution in [3.8, 4) is 0 Å². The van der Waals surface area contributed by atoms with E-state index in [1.165, 1.54) is 7.11 Å². The number of benzene rings is 1. The zero-order valence-electron chi connectivity index (χ0n) is 12.9. The summed E-state index contributed by atoms with van der Waals surface area (Å²) in [5, 5.41) is 11.0. The minimum absolute atomic E-state index is 0.0381. The van der Waals surface area contributed by atoms with E-state index in [0.29, 0.717) is 12.8 Å². The highest BCUT2D eigenvalue weighted by molar-refractivity contribution is 6.00. The molecule has 2 aliphatic heterocycles. The van der Waals surface area contributed by atoms with Crippen LogP contribution in [0.3, 0.4) is 0 Å². The summed E-state index contributed by atoms with van der Waals surface area (Å²) in [6, 6.07) is 6.75. The number of ether oxygens (including phenoxy) is 1. The Balaban J connectivity index is 2.18. The molecule has 1 aromatic rings. The fraction of sp³-hybridized carbons (Fsp3) is 0.529. The molecule has 1 amide bonds. The number of hydrogen-bond acceptors (Lipinski definition) is 4. The summed E-state index contributed by atoms with van der Waals surface area (Å²) in [5.41, 5.74) is 0.346. The summed E-state index contributed by atoms with van der Waals surface area (Å²) in [5.74, 6) is -1.09. The van der Waals surface area contributed by atoms with Gasteiger partial charge < -0.3 is 14.7 Å². The number of carbonyl (C=O) groups excluding carboxylic acids is 2. The molecule has 0 radical (unpaired) electrons. The molecule has 1 saturated heterocycles. The standard InChI is InChI=1S/C17H21NO4/c1-17(21)10-6-5-9-13(19)18-12-8-4-3-7-11(12)14(15(17)18)16(20)22-2/h3-4,7-8,14-15,21H,5-6,9-10H2,1-2H3/t14-,15-,17+/m1/s1. The number of fused-ring (bicyclic) bond motifs is 3. The summed E-state index contributed by atoms with van der Waals surface area (Å²) >= 11 is 0. The van der Waals surface area contributed by atoms with E-state index < -0.39 is 23.5 Å². The van der Waals surface area contributed by atoms with E-state index in [9.17, 15) is 14.7 Å². The highest BCUT2D eigenvalue weighted by atomic mass is 16.5. The molecular formula is C17H21NO4. The largest absolute Gasteiger partial charge is 0.468 e. The summed E-state index contributed by atoms with van der Waals surface area (Å²) in [6.45, 7) is 1.71. The molecule has 0 unspecified atom stereocenters. The van der Waals surface area contributed by atoms with Crippen LogP contribution in [0.5, 0.6) is 0 Å². The molecule has 5 heteroatoms. The Labute approximate surface area is 129 Å². The van der Waals surface area contributed by atoms with Crippen LogP contribution in [0.4, 0.5) is 5.69 Å². The molecule has 1 fully saturated rings. The molecule has 1 aromatic carbocycles. The maximum Gasteiger partial charge on any atom is 0.315 e. The van der Waals surface area contributed by atoms with E-state index >= 15 is 0 Å². The molecule has 2 heterocycles. The SMILES string of the molecule is COC(=O)[C@@H]1c2ccccc2N2C(=O)CCCC[C@](C)(O)[C@@H]12. The second kappa shape index (κ2) is 5.39. The lowest BCUT2D eigenvalue weighted by molar-refractivity contribution is -0.145. The Morgan fingerprint density at radius 2 is 2.09 bits per heavy atom. The normalized spacial score (nSPS) is 31.0. The van der Waals surface area contributed by atoms with Gasteiger partial charge in [-0.25, -0.2) is 0 Å². The Kier molecular flexibility index (Phi) is 3.68. The second-order valence-corrected chi connectivity index (χ2v) is 6.33. The first-order valence-corrected chi connectivity index (χ1v) is 7.68. The Bertz CT molecular complexity index is 585. The second-order valence-electron chi connectivity index (χ2n) is 6.33. The molecule has 0 spiro atoms. The maximum absolute atomic E-state index is 12.6. The fourth-order valence-corrected chi connectivity index (χ4v) is 3.78. The lowest BCUT2D eigenvalue weighted by atomic mass is 9.80. The molecule has 0 aliphatic carbocycles. The molecule has 0 aromatic heterocycles. The molecule has 3 rings (SSSR count). The van der Waals surface area contributed by atoms with Gasteiger partial charge in [-0.05, 0) is 31.4 Å². The molecule has 22 heavy (non-hydrogen) atoms. The number of anilines is 1. The van der Waals surface area contributed by atoms with Gasteiger partial charge in [-0.1, -0.05) is 24.6 Å². The van der Waals surface area contributed by atoms with E-state index in [-0.39, 0.29) is 5.91 Å². The lowest BCUT2D eigenvalue weighted by Gasteiger charge is -2.40. The van der Waals surface area contributed by atoms with Crippen LogP contribution in [0.1, 0.15) is 44.1 Å². The number of nitrogens with zero attached hydrogens (tertiary/aromatic N) is 1. The highest BCUT2D eigenvalue weighted by Crippen LogP contribution is 2.47. The lowest BCUT2D eigenvalue weighted by Crippen LogP contribution is -2.55. The minimum Gasteiger partial charge on any atom is -0.468 e. The zero-order valence-corrected chi connectivity index (χ0v) is 12.9. The number of esters is 1. The number of methoxy groups -OCH3 is 1. The van der Waals surface area contributed by atoms with E-state index in [4.69, 9.17) is 4.74 Å². The molecule has 0 bridgehead atoms. The topological polar surface area (TPSA) is 66.8 Å². The fourth-order valence-electron chi connectivity index (χ4n) is 3.78. The number of amides is 1. The van der Waals surface area contributed by atoms with E-state index in [2.05, 4.69) is 0 Å². The number of rotatable bonds is 1. The Hall–Kier alpha value is -1.88. The van der Waals surface area contributed by atoms with Crippen LogP contribution in [0.25, 0.3) is 0 Å². The van der Waals surface area contributed by atoms with Gasteiger partial charge in [-0.2, -0.15) is 0 Å². The quantitative estimate of drug-likeness (QED) is 0.806. The predicted molar refractivity (Wildman–Crippen MR) is 81.6 cm³/mol. The van der Waals surface area contributed by atoms with Crippen LogP contribution >= 0.6 is 0 Å². The van der Waals surface area contributed by atoms with Gasteiger partial charge >= 0.3 is 5.97 Å². The van der Waals surface area contributed by atoms with E-state index in [1.54, 1.807) is 11.8 Å². The van der Waals surface area contributed by atoms with Gasteiger partial charge in [0.15, 0.2) is 0 Å². The van der Waals surface area contributed by atoms with Gasteiger partial charge in [0.05, 0.1) is 18.8 Å². The maximum atomic E-state index is 12.6. The first-order chi connectivity index (χ1) is 10.5. The first-order valence-electron chi connectivity index (χ1n) is 7.68. The van der Waals surface area contributed by atoms with Crippen LogP contribution in [0, 0.1) is 0 Å². The average molecular weight is 303 g/mol. The van der Waals surface area contributed by atoms with E-state index in [1.807, 2.05) is 24.3 Å². The highest BCUT2D eigenvalue weighted by Gasteiger charge is 2.53. The molecule has 118 valence electrons. The molecule has 3 atom stereocenters. The summed E-state index contributed by atoms with van der Waals surface area (Å²) < 4.78 is 4.95. The van der Waals surface area contributed by atoms with Crippen molar-refractivity contribution in [2.75, 3.05) is 12.0 Å². The van der Waals surface area contributed by atoms with Crippen molar-refractivity contribution in [2.24, 2.45) is 0 Å². The van der Waals surface area contributed by atoms with Gasteiger partial charge in [0, 0.05) is 12.1 Å². The van der Waals surface area contributed by atoms with Crippen molar-refractivity contribution in [1.82, 2.24) is 0 Å². The number of carbonyl (C=O) groups is 2. The van der Waals surface area contributed by atoms with Gasteiger partial charge in [0.2, 0.25) is 5.91 Å². The first kappa shape index (κ1) is 15.0. The van der Waals surface area contributed by atoms with Crippen LogP contribution in [0.2, 0.25) is 0 Å². The van der Waals surface area contributed by atoms with Crippen molar-refractivity contribution in [1.29, 1.82) is 0 Å². The Morgan fingerprint density at radius 3 is 2.82 bits per heavy atom. The molecule has 0 saturated carbocycles. The Morgan fingerprint density at radius 1 is 1.36 bits per heavy atom. The van der Waals surface area contributed by atoms with Crippen molar-refractivity contribution >= 4 is 17.6 Å². The summed E-state index contributed by atoms with van der Waals surface area (Å²) in [7, 11) is 1.34. The van der Waals surface area contributed by atoms with Crippen LogP contribution < -0.4 is 4.90 Å². The third kappa shape index (κ3) is 2.20. The van der Waals surface area contributed by atoms with E-state index in [0.717, 1.165) is 24.1 Å². The van der Waals surface area contributed by atoms with Crippen molar-refractivity contribution < 1.29 is 19.4 Å². The third-order valence-electron chi connectivity index (χ3n) is 4.81. The minimum atomic E-state index is -1.13. The van der Waals surface area contributed by atoms with Gasteiger partial charge in [-0.15, -0.1) is 0 Å². The molecule has 2 aliphatic rings. The van der Waals surface area contributed by atoms with Crippen LogP contribution in [-0.2, 0) is 14.3 Å². The summed E-state index contributed by atoms with van der Waals surface area (Å²) in [6.07, 6.45) is 2.52. The molecule has 1 N–H and O–H groups in total. The van der Waals surface area contributed by atoms with Gasteiger partial charge in [0.25, 0.3) is 0 Å². The van der Waals surface area contributed by atoms with Crippen LogP contribution in [0.15, 0.2) is 24.3 Å². The van der Waals surface area contributed by atoms with Gasteiger partial charge in [-0.3, -0.25) is 9.59 Å². The van der Waals surface area contributed by atoms with Crippen molar-refractivity contribution in [2.45, 2.75) is 50.2 Å². The van der Waals surface area contributed by atoms with Crippen molar-refractivity contribution in [3.63, 3.8) is 0 Å². The smallest absolute Gasteiger partial charge is 0.315 e. The average Bonchev–Trinajstić information content (AvgIpc) is 2.85. The van der Waals surface area contributed by atoms with Crippen molar-refractivity contribution in [3.05, 3.63) is 29.8 Å². The molecular weight excluding hydrogens is 282 g/mol. The third-order valence-corrected chi connectivity index (χ3v) is 4.81. The monoisotopic (exact) mass is 303 g/mol. The molecule has 5 nitrogen and oxygen atoms in total. The number of hydrogen-bond donors (Lipinski definition) is 1. The summed E-state index contributed by atoms with van der Waals surface area (Å²) in [4.78, 5) is 26.6.